The molecule has 2 heterocycles. The molecule has 1 aliphatic rings. The summed E-state index contributed by atoms with van der Waals surface area (Å²) in [5, 5.41) is 3.08. The summed E-state index contributed by atoms with van der Waals surface area (Å²) in [5.74, 6) is 0. The number of aromatic nitrogens is 3. The number of hydrogen-bond donors (Lipinski definition) is 3. The second kappa shape index (κ2) is 7.79. The van der Waals surface area contributed by atoms with Crippen LogP contribution >= 0.6 is 11.6 Å². The molecule has 5 nitrogen and oxygen atoms in total. The maximum absolute atomic E-state index is 13.5. The summed E-state index contributed by atoms with van der Waals surface area (Å²) >= 11 is 6.33. The van der Waals surface area contributed by atoms with Gasteiger partial charge >= 0.3 is 11.9 Å². The third-order valence-electron chi connectivity index (χ3n) is 5.50. The minimum atomic E-state index is -4.34. The second-order valence-electron chi connectivity index (χ2n) is 7.91. The van der Waals surface area contributed by atoms with Crippen molar-refractivity contribution in [1.29, 1.82) is 0 Å². The predicted molar refractivity (Wildman–Crippen MR) is 118 cm³/mol. The lowest BCUT2D eigenvalue weighted by Gasteiger charge is -2.22. The van der Waals surface area contributed by atoms with Crippen LogP contribution in [0.25, 0.3) is 33.5 Å². The zero-order valence-electron chi connectivity index (χ0n) is 16.6. The molecule has 0 bridgehead atoms. The summed E-state index contributed by atoms with van der Waals surface area (Å²) < 4.78 is 40.4. The number of rotatable bonds is 5. The van der Waals surface area contributed by atoms with Crippen LogP contribution in [0.4, 0.5) is 13.2 Å². The summed E-state index contributed by atoms with van der Waals surface area (Å²) in [4.78, 5) is 21.1. The van der Waals surface area contributed by atoms with E-state index >= 15 is 0 Å². The molecule has 1 saturated carbocycles. The van der Waals surface area contributed by atoms with Gasteiger partial charge in [-0.15, -0.1) is 0 Å². The summed E-state index contributed by atoms with van der Waals surface area (Å²) in [7, 11) is 0. The molecule has 9 heteroatoms. The Morgan fingerprint density at radius 2 is 1.56 bits per heavy atom. The Morgan fingerprint density at radius 1 is 0.969 bits per heavy atom. The summed E-state index contributed by atoms with van der Waals surface area (Å²) in [5.41, 5.74) is 3.71. The summed E-state index contributed by atoms with van der Waals surface area (Å²) in [6, 6.07) is 13.7. The zero-order chi connectivity index (χ0) is 22.5. The van der Waals surface area contributed by atoms with Gasteiger partial charge in [0.05, 0.1) is 16.2 Å². The Morgan fingerprint density at radius 3 is 2.16 bits per heavy atom. The van der Waals surface area contributed by atoms with Gasteiger partial charge in [0.2, 0.25) is 0 Å². The van der Waals surface area contributed by atoms with Gasteiger partial charge in [0.15, 0.2) is 5.65 Å². The number of H-pyrrole nitrogens is 2. The van der Waals surface area contributed by atoms with Gasteiger partial charge in [-0.1, -0.05) is 60.1 Å². The number of imidazole rings is 1. The first-order chi connectivity index (χ1) is 15.3. The van der Waals surface area contributed by atoms with Crippen LogP contribution < -0.4 is 11.0 Å². The molecule has 2 aromatic carbocycles. The molecule has 1 fully saturated rings. The van der Waals surface area contributed by atoms with Gasteiger partial charge in [0, 0.05) is 11.6 Å². The van der Waals surface area contributed by atoms with E-state index in [0.717, 1.165) is 29.5 Å². The standard InChI is InChI=1S/C23H18ClF3N4O/c24-17-11-18-21(31-22(32)29-18)30-19(17)14-5-1-12(2-6-14)13-3-7-15(8-4-13)20(23(25,26)27)28-16-9-10-16/h1-8,11,16,20,28H,9-10H2,(H2,29,30,31,32). The van der Waals surface area contributed by atoms with Gasteiger partial charge in [-0.05, 0) is 35.6 Å². The highest BCUT2D eigenvalue weighted by molar-refractivity contribution is 6.33. The highest BCUT2D eigenvalue weighted by Gasteiger charge is 2.43. The van der Waals surface area contributed by atoms with Crippen molar-refractivity contribution in [1.82, 2.24) is 20.3 Å². The first kappa shape index (κ1) is 20.8. The van der Waals surface area contributed by atoms with Gasteiger partial charge in [0.25, 0.3) is 0 Å². The smallest absolute Gasteiger partial charge is 0.304 e. The second-order valence-corrected chi connectivity index (χ2v) is 8.32. The Bertz CT molecular complexity index is 1320. The number of fused-ring (bicyclic) bond motifs is 1. The van der Waals surface area contributed by atoms with Crippen molar-refractivity contribution in [2.75, 3.05) is 0 Å². The highest BCUT2D eigenvalue weighted by Crippen LogP contribution is 2.37. The van der Waals surface area contributed by atoms with Gasteiger partial charge in [-0.2, -0.15) is 13.2 Å². The SMILES string of the molecule is O=c1[nH]c2cc(Cl)c(-c3ccc(-c4ccc(C(NC5CC5)C(F)(F)F)cc4)cc3)nc2[nH]1. The average Bonchev–Trinajstić information content (AvgIpc) is 3.51. The van der Waals surface area contributed by atoms with Gasteiger partial charge in [-0.3, -0.25) is 10.3 Å². The molecule has 0 amide bonds. The average molecular weight is 459 g/mol. The van der Waals surface area contributed by atoms with E-state index in [1.807, 2.05) is 24.3 Å². The van der Waals surface area contributed by atoms with Gasteiger partial charge < -0.3 is 4.98 Å². The van der Waals surface area contributed by atoms with Crippen LogP contribution in [0.15, 0.2) is 59.4 Å². The van der Waals surface area contributed by atoms with Crippen molar-refractivity contribution in [3.8, 4) is 22.4 Å². The fourth-order valence-electron chi connectivity index (χ4n) is 3.70. The van der Waals surface area contributed by atoms with Crippen LogP contribution in [0.5, 0.6) is 0 Å². The number of aromatic amines is 2. The number of halogens is 4. The Labute approximate surface area is 185 Å². The quantitative estimate of drug-likeness (QED) is 0.365. The summed E-state index contributed by atoms with van der Waals surface area (Å²) in [6.45, 7) is 0. The van der Waals surface area contributed by atoms with Crippen molar-refractivity contribution in [2.45, 2.75) is 31.1 Å². The number of benzene rings is 2. The Hall–Kier alpha value is -3.10. The van der Waals surface area contributed by atoms with Crippen molar-refractivity contribution in [3.05, 3.63) is 75.7 Å². The normalized spacial score (nSPS) is 15.2. The van der Waals surface area contributed by atoms with E-state index in [0.29, 0.717) is 21.9 Å². The van der Waals surface area contributed by atoms with E-state index in [1.54, 1.807) is 18.2 Å². The lowest BCUT2D eigenvalue weighted by atomic mass is 9.99. The lowest BCUT2D eigenvalue weighted by molar-refractivity contribution is -0.158. The van der Waals surface area contributed by atoms with E-state index in [2.05, 4.69) is 20.3 Å². The van der Waals surface area contributed by atoms with Crippen molar-refractivity contribution in [2.24, 2.45) is 0 Å². The van der Waals surface area contributed by atoms with Crippen molar-refractivity contribution in [3.63, 3.8) is 0 Å². The van der Waals surface area contributed by atoms with Gasteiger partial charge in [0.1, 0.15) is 6.04 Å². The molecular formula is C23H18ClF3N4O. The van der Waals surface area contributed by atoms with E-state index in [1.165, 1.54) is 12.1 Å². The predicted octanol–water partition coefficient (Wildman–Crippen LogP) is 5.59. The number of nitrogens with zero attached hydrogens (tertiary/aromatic N) is 1. The van der Waals surface area contributed by atoms with E-state index in [9.17, 15) is 18.0 Å². The monoisotopic (exact) mass is 458 g/mol. The minimum absolute atomic E-state index is 0.0578. The van der Waals surface area contributed by atoms with Crippen LogP contribution in [0, 0.1) is 0 Å². The first-order valence-electron chi connectivity index (χ1n) is 10.1. The number of pyridine rings is 1. The number of alkyl halides is 3. The van der Waals surface area contributed by atoms with Crippen LogP contribution in [0.3, 0.4) is 0 Å². The highest BCUT2D eigenvalue weighted by atomic mass is 35.5. The molecule has 4 aromatic rings. The number of hydrogen-bond acceptors (Lipinski definition) is 3. The molecule has 5 rings (SSSR count). The van der Waals surface area contributed by atoms with Crippen LogP contribution in [0.1, 0.15) is 24.4 Å². The zero-order valence-corrected chi connectivity index (χ0v) is 17.4. The maximum atomic E-state index is 13.5. The summed E-state index contributed by atoms with van der Waals surface area (Å²) in [6.07, 6.45) is -2.78. The van der Waals surface area contributed by atoms with Crippen molar-refractivity contribution >= 4 is 22.8 Å². The van der Waals surface area contributed by atoms with Crippen LogP contribution in [-0.2, 0) is 0 Å². The largest absolute Gasteiger partial charge is 0.407 e. The van der Waals surface area contributed by atoms with E-state index in [4.69, 9.17) is 11.6 Å². The maximum Gasteiger partial charge on any atom is 0.407 e. The molecule has 164 valence electrons. The topological polar surface area (TPSA) is 73.6 Å². The van der Waals surface area contributed by atoms with Crippen molar-refractivity contribution < 1.29 is 13.2 Å². The van der Waals surface area contributed by atoms with Gasteiger partial charge in [-0.25, -0.2) is 9.78 Å². The third kappa shape index (κ3) is 4.16. The number of nitrogens with one attached hydrogen (secondary N) is 3. The minimum Gasteiger partial charge on any atom is -0.304 e. The molecule has 1 aliphatic carbocycles. The Kier molecular flexibility index (Phi) is 5.06. The van der Waals surface area contributed by atoms with Crippen LogP contribution in [-0.4, -0.2) is 27.2 Å². The Balaban J connectivity index is 1.40. The molecule has 2 aromatic heterocycles. The molecule has 1 atom stereocenters. The molecule has 32 heavy (non-hydrogen) atoms. The molecule has 0 spiro atoms. The molecule has 1 unspecified atom stereocenters. The van der Waals surface area contributed by atoms with E-state index in [-0.39, 0.29) is 17.3 Å². The third-order valence-corrected chi connectivity index (χ3v) is 5.79. The van der Waals surface area contributed by atoms with E-state index < -0.39 is 12.2 Å². The molecule has 3 N–H and O–H groups in total. The van der Waals surface area contributed by atoms with Crippen LogP contribution in [0.2, 0.25) is 5.02 Å². The lowest BCUT2D eigenvalue weighted by Crippen LogP contribution is -2.35. The fraction of sp³-hybridized carbons (Fsp3) is 0.217. The molecular weight excluding hydrogens is 441 g/mol. The molecule has 0 radical (unpaired) electrons. The molecule has 0 saturated heterocycles. The molecule has 0 aliphatic heterocycles. The first-order valence-corrected chi connectivity index (χ1v) is 10.5. The fourth-order valence-corrected chi connectivity index (χ4v) is 3.96.